The summed E-state index contributed by atoms with van der Waals surface area (Å²) in [6.07, 6.45) is 1.28. The van der Waals surface area contributed by atoms with Crippen molar-refractivity contribution in [3.63, 3.8) is 0 Å². The molecule has 0 aliphatic heterocycles. The second kappa shape index (κ2) is 9.23. The maximum atomic E-state index is 11.3. The van der Waals surface area contributed by atoms with Crippen LogP contribution < -0.4 is 5.73 Å². The first-order chi connectivity index (χ1) is 8.86. The Morgan fingerprint density at radius 2 is 2.00 bits per heavy atom. The van der Waals surface area contributed by atoms with E-state index in [1.54, 1.807) is 0 Å². The Hall–Kier alpha value is -1.73. The number of aliphatic hydroxyl groups excluding tert-OH is 1. The Bertz CT molecular complexity index is 352. The average molecular weight is 273 g/mol. The molecular formula is C12H19NO6. The molecule has 0 aromatic heterocycles. The van der Waals surface area contributed by atoms with Gasteiger partial charge in [0.25, 0.3) is 0 Å². The minimum absolute atomic E-state index is 0.00577. The molecular weight excluding hydrogens is 254 g/mol. The van der Waals surface area contributed by atoms with Crippen molar-refractivity contribution in [2.45, 2.75) is 31.9 Å². The molecule has 0 bridgehead atoms. The summed E-state index contributed by atoms with van der Waals surface area (Å²) in [5.41, 5.74) is 5.45. The highest BCUT2D eigenvalue weighted by Crippen LogP contribution is 1.99. The topological polar surface area (TPSA) is 116 Å². The lowest BCUT2D eigenvalue weighted by Gasteiger charge is -2.09. The van der Waals surface area contributed by atoms with Gasteiger partial charge in [0, 0.05) is 12.5 Å². The fraction of sp³-hybridized carbons (Fsp3) is 0.583. The van der Waals surface area contributed by atoms with Crippen LogP contribution in [0.1, 0.15) is 19.8 Å². The summed E-state index contributed by atoms with van der Waals surface area (Å²) in [6, 6.07) is -0.684. The molecule has 0 radical (unpaired) electrons. The van der Waals surface area contributed by atoms with E-state index < -0.39 is 24.1 Å². The molecule has 0 amide bonds. The molecule has 108 valence electrons. The van der Waals surface area contributed by atoms with E-state index in [1.165, 1.54) is 14.0 Å². The highest BCUT2D eigenvalue weighted by Gasteiger charge is 2.12. The molecule has 0 fully saturated rings. The van der Waals surface area contributed by atoms with Crippen molar-refractivity contribution in [1.82, 2.24) is 0 Å². The molecule has 0 aliphatic carbocycles. The first-order valence-corrected chi connectivity index (χ1v) is 5.72. The summed E-state index contributed by atoms with van der Waals surface area (Å²) in [5, 5.41) is 9.36. The number of methoxy groups -OCH3 is 1. The van der Waals surface area contributed by atoms with Crippen LogP contribution >= 0.6 is 0 Å². The predicted octanol–water partition coefficient (Wildman–Crippen LogP) is -0.684. The highest BCUT2D eigenvalue weighted by atomic mass is 16.5. The number of hydrogen-bond acceptors (Lipinski definition) is 7. The summed E-state index contributed by atoms with van der Waals surface area (Å²) >= 11 is 0. The molecule has 19 heavy (non-hydrogen) atoms. The standard InChI is InChI=1S/C12H19NO6/c1-8(14)10(13)4-6-12(17)19-7-9(15)3-5-11(16)18-2/h3,5,9-10,15H,4,6-7,13H2,1-2H3/b5-3+. The molecule has 0 saturated heterocycles. The fourth-order valence-electron chi connectivity index (χ4n) is 1.04. The molecule has 2 atom stereocenters. The van der Waals surface area contributed by atoms with Crippen LogP contribution in [0.4, 0.5) is 0 Å². The summed E-state index contributed by atoms with van der Waals surface area (Å²) in [4.78, 5) is 32.8. The van der Waals surface area contributed by atoms with E-state index in [2.05, 4.69) is 4.74 Å². The van der Waals surface area contributed by atoms with Gasteiger partial charge < -0.3 is 20.3 Å². The molecule has 7 heteroatoms. The van der Waals surface area contributed by atoms with Gasteiger partial charge in [-0.05, 0) is 19.4 Å². The first kappa shape index (κ1) is 17.3. The normalized spacial score (nSPS) is 13.9. The SMILES string of the molecule is COC(=O)/C=C/C(O)COC(=O)CCC(N)C(C)=O. The smallest absolute Gasteiger partial charge is 0.330 e. The maximum absolute atomic E-state index is 11.3. The summed E-state index contributed by atoms with van der Waals surface area (Å²) < 4.78 is 9.06. The number of ether oxygens (including phenoxy) is 2. The van der Waals surface area contributed by atoms with Gasteiger partial charge in [0.2, 0.25) is 0 Å². The monoisotopic (exact) mass is 273 g/mol. The van der Waals surface area contributed by atoms with E-state index >= 15 is 0 Å². The largest absolute Gasteiger partial charge is 0.466 e. The van der Waals surface area contributed by atoms with E-state index in [4.69, 9.17) is 10.5 Å². The van der Waals surface area contributed by atoms with E-state index in [0.717, 1.165) is 12.2 Å². The molecule has 0 heterocycles. The van der Waals surface area contributed by atoms with Crippen LogP contribution in [0.5, 0.6) is 0 Å². The van der Waals surface area contributed by atoms with Crippen LogP contribution in [0, 0.1) is 0 Å². The second-order valence-electron chi connectivity index (χ2n) is 3.89. The van der Waals surface area contributed by atoms with Crippen molar-refractivity contribution < 1.29 is 29.0 Å². The van der Waals surface area contributed by atoms with Crippen LogP contribution in [0.3, 0.4) is 0 Å². The summed E-state index contributed by atoms with van der Waals surface area (Å²) in [6.45, 7) is 1.07. The van der Waals surface area contributed by atoms with Gasteiger partial charge >= 0.3 is 11.9 Å². The zero-order chi connectivity index (χ0) is 14.8. The number of carbonyl (C=O) groups excluding carboxylic acids is 3. The summed E-state index contributed by atoms with van der Waals surface area (Å²) in [7, 11) is 1.21. The second-order valence-corrected chi connectivity index (χ2v) is 3.89. The van der Waals surface area contributed by atoms with Gasteiger partial charge in [-0.3, -0.25) is 9.59 Å². The molecule has 0 aromatic rings. The Kier molecular flexibility index (Phi) is 8.39. The van der Waals surface area contributed by atoms with E-state index in [1.807, 2.05) is 0 Å². The molecule has 2 unspecified atom stereocenters. The number of nitrogens with two attached hydrogens (primary N) is 1. The fourth-order valence-corrected chi connectivity index (χ4v) is 1.04. The van der Waals surface area contributed by atoms with Crippen molar-refractivity contribution >= 4 is 17.7 Å². The quantitative estimate of drug-likeness (QED) is 0.444. The zero-order valence-electron chi connectivity index (χ0n) is 11.0. The number of aliphatic hydroxyl groups is 1. The number of esters is 2. The molecule has 3 N–H and O–H groups in total. The van der Waals surface area contributed by atoms with Crippen LogP contribution in [0.25, 0.3) is 0 Å². The van der Waals surface area contributed by atoms with E-state index in [9.17, 15) is 19.5 Å². The molecule has 0 aromatic carbocycles. The van der Waals surface area contributed by atoms with E-state index in [0.29, 0.717) is 0 Å². The van der Waals surface area contributed by atoms with Gasteiger partial charge in [0.05, 0.1) is 13.2 Å². The number of hydrogen-bond donors (Lipinski definition) is 2. The van der Waals surface area contributed by atoms with Crippen LogP contribution in [0.2, 0.25) is 0 Å². The van der Waals surface area contributed by atoms with Crippen LogP contribution in [-0.4, -0.2) is 48.7 Å². The van der Waals surface area contributed by atoms with Crippen molar-refractivity contribution in [3.8, 4) is 0 Å². The van der Waals surface area contributed by atoms with Crippen molar-refractivity contribution in [1.29, 1.82) is 0 Å². The maximum Gasteiger partial charge on any atom is 0.330 e. The molecule has 0 rings (SSSR count). The zero-order valence-corrected chi connectivity index (χ0v) is 11.0. The Labute approximate surface area is 111 Å². The third-order valence-corrected chi connectivity index (χ3v) is 2.25. The van der Waals surface area contributed by atoms with Gasteiger partial charge in [0.15, 0.2) is 0 Å². The Morgan fingerprint density at radius 1 is 1.37 bits per heavy atom. The van der Waals surface area contributed by atoms with Gasteiger partial charge in [0.1, 0.15) is 18.5 Å². The molecule has 0 saturated carbocycles. The van der Waals surface area contributed by atoms with E-state index in [-0.39, 0.29) is 25.2 Å². The lowest BCUT2D eigenvalue weighted by Crippen LogP contribution is -2.29. The van der Waals surface area contributed by atoms with Crippen molar-refractivity contribution in [3.05, 3.63) is 12.2 Å². The number of ketones is 1. The minimum atomic E-state index is -1.09. The van der Waals surface area contributed by atoms with Crippen LogP contribution in [0.15, 0.2) is 12.2 Å². The Morgan fingerprint density at radius 3 is 2.53 bits per heavy atom. The van der Waals surface area contributed by atoms with Crippen molar-refractivity contribution in [2.75, 3.05) is 13.7 Å². The average Bonchev–Trinajstić information content (AvgIpc) is 2.39. The third-order valence-electron chi connectivity index (χ3n) is 2.25. The molecule has 0 aliphatic rings. The van der Waals surface area contributed by atoms with Gasteiger partial charge in [-0.1, -0.05) is 0 Å². The van der Waals surface area contributed by atoms with Crippen LogP contribution in [-0.2, 0) is 23.9 Å². The first-order valence-electron chi connectivity index (χ1n) is 5.72. The lowest BCUT2D eigenvalue weighted by atomic mass is 10.1. The molecule has 7 nitrogen and oxygen atoms in total. The number of rotatable bonds is 8. The van der Waals surface area contributed by atoms with Gasteiger partial charge in [-0.25, -0.2) is 4.79 Å². The minimum Gasteiger partial charge on any atom is -0.466 e. The molecule has 0 spiro atoms. The summed E-state index contributed by atoms with van der Waals surface area (Å²) in [5.74, 6) is -1.38. The predicted molar refractivity (Wildman–Crippen MR) is 66.0 cm³/mol. The van der Waals surface area contributed by atoms with Gasteiger partial charge in [-0.2, -0.15) is 0 Å². The Balaban J connectivity index is 3.87. The lowest BCUT2D eigenvalue weighted by molar-refractivity contribution is -0.146. The highest BCUT2D eigenvalue weighted by molar-refractivity contribution is 5.82. The van der Waals surface area contributed by atoms with Gasteiger partial charge in [-0.15, -0.1) is 0 Å². The number of carbonyl (C=O) groups is 3. The third kappa shape index (κ3) is 8.92. The number of Topliss-reactive ketones (excluding diaryl/α,β-unsaturated/α-hetero) is 1. The van der Waals surface area contributed by atoms with Crippen molar-refractivity contribution in [2.24, 2.45) is 5.73 Å².